The second-order valence-electron chi connectivity index (χ2n) is 11.6. The SMILES string of the molecule is CC(=O)C1CCC2C(C)/C(=C3/CCC(=O)C=C3C)C(c3ccc(N(C)CCCCO)cc3)CC12C. The fourth-order valence-corrected chi connectivity index (χ4v) is 7.68. The molecular formula is C31H43NO3. The van der Waals surface area contributed by atoms with Crippen molar-refractivity contribution in [2.75, 3.05) is 25.1 Å². The number of nitrogens with zero attached hydrogens (tertiary/aromatic N) is 1. The van der Waals surface area contributed by atoms with Gasteiger partial charge >= 0.3 is 0 Å². The molecule has 3 aliphatic rings. The number of fused-ring (bicyclic) bond motifs is 1. The number of aliphatic hydroxyl groups is 1. The highest BCUT2D eigenvalue weighted by Crippen LogP contribution is 2.63. The molecule has 0 radical (unpaired) electrons. The molecule has 1 aromatic rings. The van der Waals surface area contributed by atoms with Crippen LogP contribution in [0.3, 0.4) is 0 Å². The fraction of sp³-hybridized carbons (Fsp3) is 0.613. The van der Waals surface area contributed by atoms with Crippen LogP contribution in [0.4, 0.5) is 5.69 Å². The summed E-state index contributed by atoms with van der Waals surface area (Å²) < 4.78 is 0. The van der Waals surface area contributed by atoms with Crippen LogP contribution in [-0.4, -0.2) is 36.9 Å². The molecule has 1 aromatic carbocycles. The van der Waals surface area contributed by atoms with E-state index >= 15 is 0 Å². The Morgan fingerprint density at radius 2 is 1.86 bits per heavy atom. The summed E-state index contributed by atoms with van der Waals surface area (Å²) in [7, 11) is 2.11. The van der Waals surface area contributed by atoms with Gasteiger partial charge in [0, 0.05) is 44.1 Å². The van der Waals surface area contributed by atoms with Crippen LogP contribution in [-0.2, 0) is 9.59 Å². The van der Waals surface area contributed by atoms with Gasteiger partial charge in [-0.05, 0) is 105 Å². The lowest BCUT2D eigenvalue weighted by molar-refractivity contribution is -0.125. The van der Waals surface area contributed by atoms with Crippen molar-refractivity contribution in [3.05, 3.63) is 52.6 Å². The van der Waals surface area contributed by atoms with E-state index < -0.39 is 0 Å². The molecule has 0 saturated heterocycles. The average molecular weight is 478 g/mol. The van der Waals surface area contributed by atoms with Crippen molar-refractivity contribution in [3.63, 3.8) is 0 Å². The van der Waals surface area contributed by atoms with Gasteiger partial charge in [0.25, 0.3) is 0 Å². The van der Waals surface area contributed by atoms with Crippen LogP contribution in [0.5, 0.6) is 0 Å². The first kappa shape index (κ1) is 25.9. The van der Waals surface area contributed by atoms with E-state index in [9.17, 15) is 9.59 Å². The van der Waals surface area contributed by atoms with Gasteiger partial charge in [-0.3, -0.25) is 9.59 Å². The van der Waals surface area contributed by atoms with Gasteiger partial charge in [0.2, 0.25) is 0 Å². The zero-order valence-corrected chi connectivity index (χ0v) is 22.3. The lowest BCUT2D eigenvalue weighted by atomic mass is 9.54. The number of allylic oxidation sites excluding steroid dienone is 4. The zero-order chi connectivity index (χ0) is 25.3. The molecule has 3 aliphatic carbocycles. The molecular weight excluding hydrogens is 434 g/mol. The maximum absolute atomic E-state index is 12.7. The Balaban J connectivity index is 1.73. The molecule has 190 valence electrons. The fourth-order valence-electron chi connectivity index (χ4n) is 7.68. The molecule has 0 bridgehead atoms. The minimum atomic E-state index is 0.0157. The second-order valence-corrected chi connectivity index (χ2v) is 11.6. The average Bonchev–Trinajstić information content (AvgIpc) is 3.17. The third-order valence-electron chi connectivity index (χ3n) is 9.47. The molecule has 4 heteroatoms. The first-order valence-electron chi connectivity index (χ1n) is 13.5. The monoisotopic (exact) mass is 477 g/mol. The standard InChI is InChI=1S/C31H43NO3/c1-20-18-25(35)12-13-26(20)30-21(2)28-14-15-29(22(3)34)31(28,4)19-27(30)23-8-10-24(11-9-23)32(5)16-6-7-17-33/h8-11,18,21,27-29,33H,6-7,12-17,19H2,1-5H3/b30-26+. The van der Waals surface area contributed by atoms with E-state index in [1.54, 1.807) is 6.92 Å². The van der Waals surface area contributed by atoms with Crippen molar-refractivity contribution in [1.29, 1.82) is 0 Å². The van der Waals surface area contributed by atoms with E-state index in [0.717, 1.165) is 50.6 Å². The van der Waals surface area contributed by atoms with Gasteiger partial charge in [0.1, 0.15) is 5.78 Å². The van der Waals surface area contributed by atoms with Crippen LogP contribution in [0, 0.1) is 23.2 Å². The molecule has 2 saturated carbocycles. The molecule has 0 aromatic heterocycles. The molecule has 5 atom stereocenters. The summed E-state index contributed by atoms with van der Waals surface area (Å²) in [5.41, 5.74) is 6.57. The Bertz CT molecular complexity index is 1020. The first-order valence-corrected chi connectivity index (χ1v) is 13.5. The Morgan fingerprint density at radius 1 is 1.14 bits per heavy atom. The minimum Gasteiger partial charge on any atom is -0.396 e. The van der Waals surface area contributed by atoms with Crippen molar-refractivity contribution in [1.82, 2.24) is 0 Å². The van der Waals surface area contributed by atoms with E-state index in [1.165, 1.54) is 22.4 Å². The van der Waals surface area contributed by atoms with E-state index in [1.807, 2.05) is 6.08 Å². The van der Waals surface area contributed by atoms with E-state index in [2.05, 4.69) is 57.0 Å². The van der Waals surface area contributed by atoms with E-state index in [4.69, 9.17) is 5.11 Å². The first-order chi connectivity index (χ1) is 16.7. The number of aliphatic hydroxyl groups excluding tert-OH is 1. The van der Waals surface area contributed by atoms with E-state index in [0.29, 0.717) is 24.0 Å². The number of rotatable bonds is 7. The lowest BCUT2D eigenvalue weighted by Gasteiger charge is -2.50. The summed E-state index contributed by atoms with van der Waals surface area (Å²) in [6, 6.07) is 9.01. The molecule has 0 aliphatic heterocycles. The number of hydrogen-bond donors (Lipinski definition) is 1. The van der Waals surface area contributed by atoms with Crippen molar-refractivity contribution in [2.24, 2.45) is 23.2 Å². The quantitative estimate of drug-likeness (QED) is 0.472. The maximum Gasteiger partial charge on any atom is 0.156 e. The Kier molecular flexibility index (Phi) is 7.71. The topological polar surface area (TPSA) is 57.6 Å². The highest BCUT2D eigenvalue weighted by molar-refractivity contribution is 5.92. The highest BCUT2D eigenvalue weighted by Gasteiger charge is 2.55. The van der Waals surface area contributed by atoms with Crippen molar-refractivity contribution in [2.45, 2.75) is 78.6 Å². The number of carbonyl (C=O) groups excluding carboxylic acids is 2. The molecule has 4 rings (SSSR count). The van der Waals surface area contributed by atoms with Gasteiger partial charge in [0.05, 0.1) is 0 Å². The predicted molar refractivity (Wildman–Crippen MR) is 143 cm³/mol. The van der Waals surface area contributed by atoms with Gasteiger partial charge in [-0.15, -0.1) is 0 Å². The maximum atomic E-state index is 12.7. The summed E-state index contributed by atoms with van der Waals surface area (Å²) >= 11 is 0. The molecule has 2 fully saturated rings. The van der Waals surface area contributed by atoms with Crippen LogP contribution >= 0.6 is 0 Å². The molecule has 0 amide bonds. The molecule has 0 heterocycles. The number of carbonyl (C=O) groups is 2. The largest absolute Gasteiger partial charge is 0.396 e. The van der Waals surface area contributed by atoms with Gasteiger partial charge in [0.15, 0.2) is 5.78 Å². The van der Waals surface area contributed by atoms with Crippen LogP contribution in [0.1, 0.15) is 84.1 Å². The predicted octanol–water partition coefficient (Wildman–Crippen LogP) is 6.25. The van der Waals surface area contributed by atoms with Crippen molar-refractivity contribution < 1.29 is 14.7 Å². The van der Waals surface area contributed by atoms with Crippen LogP contribution in [0.15, 0.2) is 47.1 Å². The van der Waals surface area contributed by atoms with Gasteiger partial charge in [-0.1, -0.05) is 31.6 Å². The van der Waals surface area contributed by atoms with Crippen LogP contribution < -0.4 is 4.90 Å². The van der Waals surface area contributed by atoms with Crippen LogP contribution in [0.25, 0.3) is 0 Å². The Hall–Kier alpha value is -2.20. The third-order valence-corrected chi connectivity index (χ3v) is 9.47. The smallest absolute Gasteiger partial charge is 0.156 e. The lowest BCUT2D eigenvalue weighted by Crippen LogP contribution is -2.42. The molecule has 35 heavy (non-hydrogen) atoms. The molecule has 5 unspecified atom stereocenters. The summed E-state index contributed by atoms with van der Waals surface area (Å²) in [5.74, 6) is 1.91. The number of anilines is 1. The van der Waals surface area contributed by atoms with Gasteiger partial charge in [-0.2, -0.15) is 0 Å². The van der Waals surface area contributed by atoms with Gasteiger partial charge in [-0.25, -0.2) is 0 Å². The van der Waals surface area contributed by atoms with Crippen molar-refractivity contribution >= 4 is 17.3 Å². The Morgan fingerprint density at radius 3 is 2.49 bits per heavy atom. The second kappa shape index (κ2) is 10.4. The summed E-state index contributed by atoms with van der Waals surface area (Å²) in [5, 5.41) is 9.09. The number of ketones is 2. The number of Topliss-reactive ketones (excluding diaryl/α,β-unsaturated/α-hetero) is 1. The normalized spacial score (nSPS) is 32.9. The third kappa shape index (κ3) is 4.91. The van der Waals surface area contributed by atoms with E-state index in [-0.39, 0.29) is 29.6 Å². The Labute approximate surface area is 211 Å². The minimum absolute atomic E-state index is 0.0157. The zero-order valence-electron chi connectivity index (χ0n) is 22.3. The van der Waals surface area contributed by atoms with Crippen LogP contribution in [0.2, 0.25) is 0 Å². The van der Waals surface area contributed by atoms with Gasteiger partial charge < -0.3 is 10.0 Å². The summed E-state index contributed by atoms with van der Waals surface area (Å²) in [6.45, 7) is 9.81. The summed E-state index contributed by atoms with van der Waals surface area (Å²) in [4.78, 5) is 27.1. The molecule has 1 N–H and O–H groups in total. The van der Waals surface area contributed by atoms with Crippen molar-refractivity contribution in [3.8, 4) is 0 Å². The number of benzene rings is 1. The molecule has 0 spiro atoms. The highest BCUT2D eigenvalue weighted by atomic mass is 16.3. The molecule has 4 nitrogen and oxygen atoms in total. The summed E-state index contributed by atoms with van der Waals surface area (Å²) in [6.07, 6.45) is 8.20. The number of unbranched alkanes of at least 4 members (excludes halogenated alkanes) is 1. The number of hydrogen-bond acceptors (Lipinski definition) is 4.